The molecular formula is C32H33F3N6. The lowest BCUT2D eigenvalue weighted by molar-refractivity contribution is -0.137. The van der Waals surface area contributed by atoms with Gasteiger partial charge in [0.2, 0.25) is 5.95 Å². The number of likely N-dealkylation sites (tertiary alicyclic amines) is 1. The summed E-state index contributed by atoms with van der Waals surface area (Å²) < 4.78 is 43.1. The molecule has 1 N–H and O–H groups in total. The summed E-state index contributed by atoms with van der Waals surface area (Å²) in [5.74, 6) is 3.46. The van der Waals surface area contributed by atoms with E-state index in [1.165, 1.54) is 18.6 Å². The van der Waals surface area contributed by atoms with E-state index < -0.39 is 11.7 Å². The van der Waals surface area contributed by atoms with Gasteiger partial charge in [0.1, 0.15) is 5.82 Å². The van der Waals surface area contributed by atoms with Gasteiger partial charge >= 0.3 is 6.18 Å². The van der Waals surface area contributed by atoms with Crippen molar-refractivity contribution in [2.75, 3.05) is 18.4 Å². The van der Waals surface area contributed by atoms with Gasteiger partial charge in [0.15, 0.2) is 0 Å². The Labute approximate surface area is 237 Å². The van der Waals surface area contributed by atoms with E-state index in [0.29, 0.717) is 28.6 Å². The molecule has 3 heterocycles. The minimum atomic E-state index is -4.44. The van der Waals surface area contributed by atoms with E-state index in [-0.39, 0.29) is 12.0 Å². The second-order valence-corrected chi connectivity index (χ2v) is 11.7. The first-order valence-corrected chi connectivity index (χ1v) is 14.4. The lowest BCUT2D eigenvalue weighted by atomic mass is 9.95. The van der Waals surface area contributed by atoms with Crippen LogP contribution in [0.25, 0.3) is 22.6 Å². The Bertz CT molecular complexity index is 1550. The minimum absolute atomic E-state index is 0.0285. The number of imidazole rings is 1. The molecule has 2 aliphatic carbocycles. The summed E-state index contributed by atoms with van der Waals surface area (Å²) >= 11 is 0. The third-order valence-electron chi connectivity index (χ3n) is 9.08. The van der Waals surface area contributed by atoms with E-state index in [1.54, 1.807) is 18.3 Å². The van der Waals surface area contributed by atoms with Crippen molar-refractivity contribution >= 4 is 5.95 Å². The van der Waals surface area contributed by atoms with Crippen LogP contribution in [0.3, 0.4) is 0 Å². The Morgan fingerprint density at radius 2 is 1.71 bits per heavy atom. The van der Waals surface area contributed by atoms with E-state index >= 15 is 0 Å². The summed E-state index contributed by atoms with van der Waals surface area (Å²) in [5.41, 5.74) is 2.67. The Morgan fingerprint density at radius 3 is 2.39 bits per heavy atom. The molecule has 2 aromatic carbocycles. The van der Waals surface area contributed by atoms with Gasteiger partial charge in [-0.3, -0.25) is 4.90 Å². The summed E-state index contributed by atoms with van der Waals surface area (Å²) in [7, 11) is 1.96. The highest BCUT2D eigenvalue weighted by molar-refractivity contribution is 5.78. The quantitative estimate of drug-likeness (QED) is 0.267. The summed E-state index contributed by atoms with van der Waals surface area (Å²) in [5, 5.41) is 3.37. The van der Waals surface area contributed by atoms with Crippen molar-refractivity contribution < 1.29 is 13.2 Å². The molecule has 2 aromatic heterocycles. The Balaban J connectivity index is 1.24. The molecule has 0 radical (unpaired) electrons. The smallest absolute Gasteiger partial charge is 0.348 e. The van der Waals surface area contributed by atoms with Gasteiger partial charge in [-0.15, -0.1) is 0 Å². The van der Waals surface area contributed by atoms with Gasteiger partial charge in [-0.2, -0.15) is 13.2 Å². The summed E-state index contributed by atoms with van der Waals surface area (Å²) in [6, 6.07) is 18.0. The molecule has 0 amide bonds. The second kappa shape index (κ2) is 9.98. The Kier molecular flexibility index (Phi) is 6.37. The standard InChI is InChI=1S/C32H33F3N6/c1-19(20-7-4-3-5-8-20)37-31-36-14-11-26(38-31)29-27(22-9-6-10-23(17-22)32(33,34)35)39-30(40(29)2)21-12-15-41(16-13-21)28-24-18-25(24)28/h3-11,14,17,19,21,24-25,28H,12-13,15-16,18H2,1-2H3,(H,36,37,38)/t19-,24?,25?,28?/m0/s1. The number of hydrogen-bond acceptors (Lipinski definition) is 5. The fraction of sp³-hybridized carbons (Fsp3) is 0.406. The van der Waals surface area contributed by atoms with E-state index in [0.717, 1.165) is 61.3 Å². The summed E-state index contributed by atoms with van der Waals surface area (Å²) in [4.78, 5) is 16.9. The normalized spacial score (nSPS) is 23.2. The van der Waals surface area contributed by atoms with Crippen molar-refractivity contribution in [2.24, 2.45) is 18.9 Å². The average Bonchev–Trinajstić information content (AvgIpc) is 3.87. The summed E-state index contributed by atoms with van der Waals surface area (Å²) in [6.45, 7) is 4.13. The predicted octanol–water partition coefficient (Wildman–Crippen LogP) is 6.93. The Morgan fingerprint density at radius 1 is 0.951 bits per heavy atom. The zero-order chi connectivity index (χ0) is 28.3. The number of anilines is 1. The van der Waals surface area contributed by atoms with Crippen molar-refractivity contribution in [1.82, 2.24) is 24.4 Å². The maximum Gasteiger partial charge on any atom is 0.416 e. The van der Waals surface area contributed by atoms with Crippen LogP contribution in [0.1, 0.15) is 55.1 Å². The number of benzene rings is 2. The van der Waals surface area contributed by atoms with E-state index in [9.17, 15) is 13.2 Å². The highest BCUT2D eigenvalue weighted by Gasteiger charge is 2.66. The largest absolute Gasteiger partial charge is 0.416 e. The van der Waals surface area contributed by atoms with Gasteiger partial charge in [-0.1, -0.05) is 42.5 Å². The first-order chi connectivity index (χ1) is 19.8. The number of alkyl halides is 3. The molecule has 2 unspecified atom stereocenters. The highest BCUT2D eigenvalue weighted by atomic mass is 19.4. The SMILES string of the molecule is C[C@H](Nc1nccc(-c2c(-c3cccc(C(F)(F)F)c3)nc(C3CCN(C4C5CC54)CC3)n2C)n1)c1ccccc1. The lowest BCUT2D eigenvalue weighted by Gasteiger charge is -2.33. The predicted molar refractivity (Wildman–Crippen MR) is 152 cm³/mol. The van der Waals surface area contributed by atoms with Crippen molar-refractivity contribution in [1.29, 1.82) is 0 Å². The molecule has 3 atom stereocenters. The van der Waals surface area contributed by atoms with Crippen LogP contribution in [0, 0.1) is 11.8 Å². The number of nitrogens with one attached hydrogen (secondary N) is 1. The fourth-order valence-electron chi connectivity index (χ4n) is 6.54. The number of aromatic nitrogens is 4. The molecule has 7 rings (SSSR count). The monoisotopic (exact) mass is 558 g/mol. The zero-order valence-electron chi connectivity index (χ0n) is 23.1. The molecule has 0 spiro atoms. The average molecular weight is 559 g/mol. The minimum Gasteiger partial charge on any atom is -0.348 e. The van der Waals surface area contributed by atoms with Crippen LogP contribution >= 0.6 is 0 Å². The topological polar surface area (TPSA) is 58.9 Å². The van der Waals surface area contributed by atoms with Crippen molar-refractivity contribution in [3.05, 3.63) is 83.8 Å². The maximum absolute atomic E-state index is 13.7. The first kappa shape index (κ1) is 26.2. The number of rotatable bonds is 7. The molecule has 9 heteroatoms. The molecule has 0 bridgehead atoms. The van der Waals surface area contributed by atoms with Crippen LogP contribution in [-0.4, -0.2) is 43.6 Å². The van der Waals surface area contributed by atoms with Crippen LogP contribution in [0.2, 0.25) is 0 Å². The van der Waals surface area contributed by atoms with Crippen molar-refractivity contribution in [3.63, 3.8) is 0 Å². The highest BCUT2D eigenvalue weighted by Crippen LogP contribution is 2.65. The molecule has 3 fully saturated rings. The van der Waals surface area contributed by atoms with E-state index in [1.807, 2.05) is 48.9 Å². The zero-order valence-corrected chi connectivity index (χ0v) is 23.1. The molecule has 1 aliphatic heterocycles. The van der Waals surface area contributed by atoms with Crippen LogP contribution in [0.4, 0.5) is 19.1 Å². The maximum atomic E-state index is 13.7. The third-order valence-corrected chi connectivity index (χ3v) is 9.08. The number of fused-ring (bicyclic) bond motifs is 1. The van der Waals surface area contributed by atoms with Gasteiger partial charge in [-0.25, -0.2) is 15.0 Å². The van der Waals surface area contributed by atoms with Gasteiger partial charge < -0.3 is 9.88 Å². The van der Waals surface area contributed by atoms with Crippen LogP contribution in [0.15, 0.2) is 66.9 Å². The van der Waals surface area contributed by atoms with Gasteiger partial charge in [-0.05, 0) is 74.9 Å². The molecule has 1 saturated heterocycles. The fourth-order valence-corrected chi connectivity index (χ4v) is 6.54. The van der Waals surface area contributed by atoms with Crippen LogP contribution < -0.4 is 5.32 Å². The van der Waals surface area contributed by atoms with Crippen molar-refractivity contribution in [2.45, 2.75) is 50.4 Å². The molecule has 3 aliphatic rings. The second-order valence-electron chi connectivity index (χ2n) is 11.7. The first-order valence-electron chi connectivity index (χ1n) is 14.4. The molecule has 6 nitrogen and oxygen atoms in total. The van der Waals surface area contributed by atoms with Gasteiger partial charge in [0, 0.05) is 30.8 Å². The lowest BCUT2D eigenvalue weighted by Crippen LogP contribution is -2.38. The molecule has 212 valence electrons. The number of piperidine rings is 1. The van der Waals surface area contributed by atoms with E-state index in [2.05, 4.69) is 15.2 Å². The van der Waals surface area contributed by atoms with Gasteiger partial charge in [0.25, 0.3) is 0 Å². The van der Waals surface area contributed by atoms with Gasteiger partial charge in [0.05, 0.1) is 28.7 Å². The van der Waals surface area contributed by atoms with E-state index in [4.69, 9.17) is 9.97 Å². The van der Waals surface area contributed by atoms with Crippen LogP contribution in [0.5, 0.6) is 0 Å². The number of nitrogens with zero attached hydrogens (tertiary/aromatic N) is 5. The van der Waals surface area contributed by atoms with Crippen molar-refractivity contribution in [3.8, 4) is 22.6 Å². The Hall–Kier alpha value is -3.72. The summed E-state index contributed by atoms with van der Waals surface area (Å²) in [6.07, 6.45) is 0.628. The molecule has 2 saturated carbocycles. The molecular weight excluding hydrogens is 525 g/mol. The van der Waals surface area contributed by atoms with Crippen LogP contribution in [-0.2, 0) is 13.2 Å². The number of hydrogen-bond donors (Lipinski definition) is 1. The molecule has 4 aromatic rings. The molecule has 41 heavy (non-hydrogen) atoms. The number of halogens is 3. The third kappa shape index (κ3) is 5.01.